The quantitative estimate of drug-likeness (QED) is 0.282. The molecule has 0 amide bonds. The summed E-state index contributed by atoms with van der Waals surface area (Å²) in [5.41, 5.74) is 0. The van der Waals surface area contributed by atoms with Gasteiger partial charge in [0, 0.05) is 41.5 Å². The molecule has 0 fully saturated rings. The van der Waals surface area contributed by atoms with Crippen molar-refractivity contribution in [3.8, 4) is 34.5 Å². The molecule has 0 aliphatic carbocycles. The van der Waals surface area contributed by atoms with Crippen LogP contribution in [0, 0.1) is 0 Å². The largest absolute Gasteiger partial charge is 0.449 e. The molecular formula is C27H24O6. The normalized spacial score (nSPS) is 20.2. The van der Waals surface area contributed by atoms with Crippen molar-refractivity contribution in [1.82, 2.24) is 0 Å². The molecule has 0 saturated carbocycles. The Hall–Kier alpha value is -3.54. The molecule has 0 atom stereocenters. The van der Waals surface area contributed by atoms with Crippen LogP contribution >= 0.6 is 0 Å². The van der Waals surface area contributed by atoms with Gasteiger partial charge < -0.3 is 28.4 Å². The molecule has 0 aromatic heterocycles. The van der Waals surface area contributed by atoms with E-state index >= 15 is 0 Å². The summed E-state index contributed by atoms with van der Waals surface area (Å²) in [4.78, 5) is 0. The Bertz CT molecular complexity index is 1220. The zero-order valence-corrected chi connectivity index (χ0v) is 19.4. The smallest absolute Gasteiger partial charge is 0.246 e. The summed E-state index contributed by atoms with van der Waals surface area (Å²) in [7, 11) is 0. The molecule has 0 saturated heterocycles. The maximum Gasteiger partial charge on any atom is 0.246 e. The molecule has 7 rings (SSSR count). The van der Waals surface area contributed by atoms with E-state index in [1.54, 1.807) is 0 Å². The van der Waals surface area contributed by atoms with Crippen LogP contribution in [-0.2, 0) is 0 Å². The van der Waals surface area contributed by atoms with E-state index < -0.39 is 17.4 Å². The first-order chi connectivity index (χ1) is 15.5. The highest BCUT2D eigenvalue weighted by molar-refractivity contribution is 6.27. The van der Waals surface area contributed by atoms with Gasteiger partial charge in [-0.05, 0) is 68.7 Å². The van der Waals surface area contributed by atoms with Gasteiger partial charge in [0.05, 0.1) is 0 Å². The van der Waals surface area contributed by atoms with Gasteiger partial charge in [0.1, 0.15) is 0 Å². The molecule has 3 aliphatic heterocycles. The van der Waals surface area contributed by atoms with E-state index in [1.165, 1.54) is 0 Å². The van der Waals surface area contributed by atoms with Gasteiger partial charge in [0.2, 0.25) is 17.4 Å². The lowest BCUT2D eigenvalue weighted by molar-refractivity contribution is -0.0437. The van der Waals surface area contributed by atoms with Crippen molar-refractivity contribution in [2.75, 3.05) is 0 Å². The van der Waals surface area contributed by atoms with Gasteiger partial charge in [-0.15, -0.1) is 0 Å². The van der Waals surface area contributed by atoms with Crippen LogP contribution in [0.5, 0.6) is 34.5 Å². The minimum atomic E-state index is -0.713. The minimum Gasteiger partial charge on any atom is -0.449 e. The molecule has 0 unspecified atom stereocenters. The van der Waals surface area contributed by atoms with Gasteiger partial charge in [-0.1, -0.05) is 0 Å². The molecule has 168 valence electrons. The monoisotopic (exact) mass is 444 g/mol. The first kappa shape index (κ1) is 19.0. The van der Waals surface area contributed by atoms with Gasteiger partial charge in [0.15, 0.2) is 34.5 Å². The van der Waals surface area contributed by atoms with Gasteiger partial charge in [-0.2, -0.15) is 0 Å². The predicted octanol–water partition coefficient (Wildman–Crippen LogP) is 6.67. The van der Waals surface area contributed by atoms with Gasteiger partial charge in [0.25, 0.3) is 0 Å². The van der Waals surface area contributed by atoms with Crippen LogP contribution in [-0.4, -0.2) is 17.4 Å². The van der Waals surface area contributed by atoms with E-state index in [0.29, 0.717) is 0 Å². The summed E-state index contributed by atoms with van der Waals surface area (Å²) in [6.07, 6.45) is 0. The van der Waals surface area contributed by atoms with Crippen molar-refractivity contribution < 1.29 is 28.4 Å². The summed E-state index contributed by atoms with van der Waals surface area (Å²) in [5.74, 6) is 2.24. The second-order valence-electron chi connectivity index (χ2n) is 10.3. The molecule has 0 radical (unpaired) electrons. The summed E-state index contributed by atoms with van der Waals surface area (Å²) in [6, 6.07) is 12.4. The third-order valence-electron chi connectivity index (χ3n) is 6.26. The molecule has 3 heterocycles. The van der Waals surface area contributed by atoms with E-state index in [0.717, 1.165) is 66.8 Å². The zero-order valence-electron chi connectivity index (χ0n) is 19.4. The highest BCUT2D eigenvalue weighted by Crippen LogP contribution is 2.52. The fraction of sp³-hybridized carbons (Fsp3) is 0.333. The Balaban J connectivity index is 1.62. The Labute approximate surface area is 190 Å². The second kappa shape index (κ2) is 5.50. The maximum absolute atomic E-state index is 6.07. The Morgan fingerprint density at radius 2 is 0.485 bits per heavy atom. The molecule has 4 aromatic rings. The SMILES string of the molecule is CC1(C)Oc2cc3c4cc5c(cc4c4cc6c(cc4c3cc2O1)OC(C)(C)O6)OC(C)(C)O5. The molecule has 33 heavy (non-hydrogen) atoms. The van der Waals surface area contributed by atoms with Crippen LogP contribution in [0.4, 0.5) is 0 Å². The first-order valence-electron chi connectivity index (χ1n) is 11.2. The fourth-order valence-electron chi connectivity index (χ4n) is 5.15. The molecule has 6 heteroatoms. The average molecular weight is 444 g/mol. The Morgan fingerprint density at radius 3 is 0.636 bits per heavy atom. The van der Waals surface area contributed by atoms with E-state index in [-0.39, 0.29) is 0 Å². The van der Waals surface area contributed by atoms with Gasteiger partial charge >= 0.3 is 0 Å². The summed E-state index contributed by atoms with van der Waals surface area (Å²) < 4.78 is 36.4. The van der Waals surface area contributed by atoms with Crippen LogP contribution in [0.2, 0.25) is 0 Å². The first-order valence-corrected chi connectivity index (χ1v) is 11.2. The third-order valence-corrected chi connectivity index (χ3v) is 6.26. The van der Waals surface area contributed by atoms with Crippen LogP contribution < -0.4 is 28.4 Å². The lowest BCUT2D eigenvalue weighted by Crippen LogP contribution is -2.29. The van der Waals surface area contributed by atoms with Gasteiger partial charge in [-0.25, -0.2) is 0 Å². The molecule has 0 N–H and O–H groups in total. The van der Waals surface area contributed by atoms with Crippen molar-refractivity contribution >= 4 is 32.3 Å². The lowest BCUT2D eigenvalue weighted by Gasteiger charge is -2.16. The van der Waals surface area contributed by atoms with E-state index in [1.807, 2.05) is 41.5 Å². The Morgan fingerprint density at radius 1 is 0.333 bits per heavy atom. The van der Waals surface area contributed by atoms with Crippen LogP contribution in [0.25, 0.3) is 32.3 Å². The van der Waals surface area contributed by atoms with Crippen molar-refractivity contribution in [3.63, 3.8) is 0 Å². The summed E-state index contributed by atoms with van der Waals surface area (Å²) in [6.45, 7) is 11.5. The lowest BCUT2D eigenvalue weighted by atomic mass is 9.93. The zero-order chi connectivity index (χ0) is 22.9. The van der Waals surface area contributed by atoms with Crippen LogP contribution in [0.3, 0.4) is 0 Å². The number of ether oxygens (including phenoxy) is 6. The predicted molar refractivity (Wildman–Crippen MR) is 125 cm³/mol. The molecular weight excluding hydrogens is 420 g/mol. The highest BCUT2D eigenvalue weighted by Gasteiger charge is 2.36. The molecule has 4 aromatic carbocycles. The fourth-order valence-corrected chi connectivity index (χ4v) is 5.15. The number of fused-ring (bicyclic) bond motifs is 9. The van der Waals surface area contributed by atoms with Crippen LogP contribution in [0.15, 0.2) is 36.4 Å². The standard InChI is InChI=1S/C27H24O6/c1-25(2)28-19-7-13-14(8-20(19)29-25)16-10-22-24(33-27(5,6)31-22)12-18(16)17-11-23-21(9-15(13)17)30-26(3,4)32-23/h7-12H,1-6H3. The molecule has 0 bridgehead atoms. The van der Waals surface area contributed by atoms with Crippen molar-refractivity contribution in [3.05, 3.63) is 36.4 Å². The van der Waals surface area contributed by atoms with E-state index in [9.17, 15) is 0 Å². The van der Waals surface area contributed by atoms with E-state index in [2.05, 4.69) is 36.4 Å². The molecule has 3 aliphatic rings. The molecule has 0 spiro atoms. The number of hydrogen-bond donors (Lipinski definition) is 0. The second-order valence-corrected chi connectivity index (χ2v) is 10.3. The number of rotatable bonds is 0. The number of hydrogen-bond acceptors (Lipinski definition) is 6. The minimum absolute atomic E-state index is 0.713. The number of benzene rings is 4. The van der Waals surface area contributed by atoms with Crippen molar-refractivity contribution in [2.45, 2.75) is 58.9 Å². The van der Waals surface area contributed by atoms with E-state index in [4.69, 9.17) is 28.4 Å². The topological polar surface area (TPSA) is 55.4 Å². The Kier molecular flexibility index (Phi) is 3.16. The van der Waals surface area contributed by atoms with Crippen molar-refractivity contribution in [1.29, 1.82) is 0 Å². The maximum atomic E-state index is 6.07. The third kappa shape index (κ3) is 2.67. The van der Waals surface area contributed by atoms with Crippen LogP contribution in [0.1, 0.15) is 41.5 Å². The van der Waals surface area contributed by atoms with Crippen molar-refractivity contribution in [2.24, 2.45) is 0 Å². The summed E-state index contributed by atoms with van der Waals surface area (Å²) >= 11 is 0. The highest BCUT2D eigenvalue weighted by atomic mass is 16.7. The summed E-state index contributed by atoms with van der Waals surface area (Å²) in [5, 5.41) is 6.29. The average Bonchev–Trinajstić information content (AvgIpc) is 3.28. The van der Waals surface area contributed by atoms with Gasteiger partial charge in [-0.3, -0.25) is 0 Å². The molecule has 6 nitrogen and oxygen atoms in total.